The van der Waals surface area contributed by atoms with Crippen molar-refractivity contribution >= 4 is 35.0 Å². The number of esters is 2. The normalized spacial score (nSPS) is 27.4. The number of hydrogen-bond acceptors (Lipinski definition) is 10. The molecule has 11 nitrogen and oxygen atoms in total. The summed E-state index contributed by atoms with van der Waals surface area (Å²) in [6.45, 7) is 4.37. The molecule has 2 unspecified atom stereocenters. The predicted molar refractivity (Wildman–Crippen MR) is 97.6 cm³/mol. The molecule has 4 N–H and O–H groups in total. The highest BCUT2D eigenvalue weighted by Crippen LogP contribution is 2.37. The molecule has 1 aromatic heterocycles. The number of nitrogens with one attached hydrogen (secondary N) is 2. The summed E-state index contributed by atoms with van der Waals surface area (Å²) in [5, 5.41) is 5.30. The van der Waals surface area contributed by atoms with Crippen LogP contribution in [0.5, 0.6) is 0 Å². The average Bonchev–Trinajstić information content (AvgIpc) is 3.12. The summed E-state index contributed by atoms with van der Waals surface area (Å²) in [4.78, 5) is 47.4. The number of nitrogens with two attached hydrogens (primary N) is 1. The molecule has 0 saturated carbocycles. The molecule has 3 rings (SSSR count). The molecule has 0 aliphatic carbocycles. The van der Waals surface area contributed by atoms with Crippen LogP contribution in [0.3, 0.4) is 0 Å². The number of anilines is 1. The van der Waals surface area contributed by atoms with E-state index in [0.717, 1.165) is 11.3 Å². The van der Waals surface area contributed by atoms with Crippen molar-refractivity contribution < 1.29 is 28.6 Å². The number of aromatic nitrogens is 1. The van der Waals surface area contributed by atoms with E-state index in [1.165, 1.54) is 18.4 Å². The number of carbonyl (C=O) groups is 3. The first-order valence-corrected chi connectivity index (χ1v) is 9.61. The van der Waals surface area contributed by atoms with Crippen molar-refractivity contribution in [3.05, 3.63) is 14.5 Å². The molecule has 3 heterocycles. The molecular weight excluding hydrogens is 392 g/mol. The quantitative estimate of drug-likeness (QED) is 0.560. The molecule has 1 amide bonds. The van der Waals surface area contributed by atoms with Gasteiger partial charge in [-0.1, -0.05) is 18.3 Å². The Hall–Kier alpha value is -2.44. The fourth-order valence-electron chi connectivity index (χ4n) is 3.38. The second-order valence-corrected chi connectivity index (χ2v) is 7.48. The van der Waals surface area contributed by atoms with Crippen LogP contribution in [0.25, 0.3) is 0 Å². The van der Waals surface area contributed by atoms with E-state index in [0.29, 0.717) is 6.42 Å². The lowest BCUT2D eigenvalue weighted by atomic mass is 10.1. The van der Waals surface area contributed by atoms with E-state index >= 15 is 0 Å². The van der Waals surface area contributed by atoms with Crippen LogP contribution < -0.4 is 21.2 Å². The largest absolute Gasteiger partial charge is 0.460 e. The van der Waals surface area contributed by atoms with Gasteiger partial charge in [-0.3, -0.25) is 29.5 Å². The van der Waals surface area contributed by atoms with Gasteiger partial charge in [-0.2, -0.15) is 0 Å². The van der Waals surface area contributed by atoms with Gasteiger partial charge in [0.25, 0.3) is 5.91 Å². The maximum atomic E-state index is 12.6. The Morgan fingerprint density at radius 1 is 1.32 bits per heavy atom. The molecule has 0 bridgehead atoms. The number of thiazole rings is 1. The van der Waals surface area contributed by atoms with Crippen molar-refractivity contribution in [1.82, 2.24) is 9.88 Å². The third-order valence-electron chi connectivity index (χ3n) is 4.43. The highest BCUT2D eigenvalue weighted by molar-refractivity contribution is 7.12. The number of hydrogen-bond donors (Lipinski definition) is 3. The van der Waals surface area contributed by atoms with Gasteiger partial charge in [0.15, 0.2) is 12.5 Å². The minimum atomic E-state index is -0.989. The fourth-order valence-corrected chi connectivity index (χ4v) is 4.26. The first-order chi connectivity index (χ1) is 13.2. The second-order valence-electron chi connectivity index (χ2n) is 6.52. The van der Waals surface area contributed by atoms with Crippen molar-refractivity contribution in [2.45, 2.75) is 64.4 Å². The van der Waals surface area contributed by atoms with Crippen LogP contribution in [0, 0.1) is 0 Å². The van der Waals surface area contributed by atoms with Crippen LogP contribution in [0.2, 0.25) is 0 Å². The number of nitrogens with zero attached hydrogens (tertiary/aromatic N) is 1. The molecule has 0 aromatic carbocycles. The Bertz CT molecular complexity index is 851. The zero-order valence-corrected chi connectivity index (χ0v) is 16.4. The third-order valence-corrected chi connectivity index (χ3v) is 5.38. The standard InChI is InChI=1S/C16H22N4O7S/c1-4-8(25-6(2)21)9-5-10(26-7(3)22)14(27-9)20-12-11(28-16(20)24)13(23)19-15(17)18-12/h8-10,14-15,18H,4-5,17H2,1-3H3,(H,19,23)/t8?,9-,10+,14+,15?/m0/s1. The van der Waals surface area contributed by atoms with Crippen molar-refractivity contribution in [2.24, 2.45) is 5.73 Å². The maximum Gasteiger partial charge on any atom is 0.311 e. The minimum absolute atomic E-state index is 0.160. The second kappa shape index (κ2) is 7.89. The van der Waals surface area contributed by atoms with E-state index in [1.807, 2.05) is 6.92 Å². The number of carbonyl (C=O) groups excluding carboxylic acids is 3. The summed E-state index contributed by atoms with van der Waals surface area (Å²) in [5.41, 5.74) is 5.75. The van der Waals surface area contributed by atoms with Crippen LogP contribution >= 0.6 is 11.3 Å². The van der Waals surface area contributed by atoms with E-state index in [4.69, 9.17) is 19.9 Å². The van der Waals surface area contributed by atoms with Gasteiger partial charge in [-0.25, -0.2) is 0 Å². The molecular formula is C16H22N4O7S. The lowest BCUT2D eigenvalue weighted by Gasteiger charge is -2.27. The molecule has 12 heteroatoms. The van der Waals surface area contributed by atoms with E-state index in [-0.39, 0.29) is 17.1 Å². The highest BCUT2D eigenvalue weighted by atomic mass is 32.1. The number of ether oxygens (including phenoxy) is 3. The zero-order chi connectivity index (χ0) is 20.6. The SMILES string of the molecule is CCC(OC(C)=O)[C@@H]1C[C@@H](OC(C)=O)[C@H](n2c3c(sc2=O)C(=O)NC(N)N3)O1. The average molecular weight is 414 g/mol. The molecule has 28 heavy (non-hydrogen) atoms. The molecule has 1 saturated heterocycles. The van der Waals surface area contributed by atoms with Crippen molar-refractivity contribution in [2.75, 3.05) is 5.32 Å². The van der Waals surface area contributed by atoms with Crippen LogP contribution in [0.4, 0.5) is 5.82 Å². The van der Waals surface area contributed by atoms with Crippen LogP contribution in [0.1, 0.15) is 49.5 Å². The number of amides is 1. The van der Waals surface area contributed by atoms with Gasteiger partial charge in [0.2, 0.25) is 0 Å². The van der Waals surface area contributed by atoms with Gasteiger partial charge in [-0.15, -0.1) is 0 Å². The first-order valence-electron chi connectivity index (χ1n) is 8.79. The molecule has 154 valence electrons. The lowest BCUT2D eigenvalue weighted by molar-refractivity contribution is -0.158. The van der Waals surface area contributed by atoms with Gasteiger partial charge in [0.1, 0.15) is 29.0 Å². The Labute approximate surface area is 164 Å². The smallest absolute Gasteiger partial charge is 0.311 e. The zero-order valence-electron chi connectivity index (χ0n) is 15.6. The molecule has 2 aliphatic heterocycles. The van der Waals surface area contributed by atoms with E-state index in [2.05, 4.69) is 10.6 Å². The Kier molecular flexibility index (Phi) is 5.72. The molecule has 5 atom stereocenters. The Balaban J connectivity index is 1.97. The topological polar surface area (TPSA) is 151 Å². The molecule has 1 aromatic rings. The van der Waals surface area contributed by atoms with Crippen LogP contribution in [0.15, 0.2) is 4.79 Å². The lowest BCUT2D eigenvalue weighted by Crippen LogP contribution is -2.51. The minimum Gasteiger partial charge on any atom is -0.460 e. The molecule has 0 spiro atoms. The van der Waals surface area contributed by atoms with E-state index < -0.39 is 53.5 Å². The summed E-state index contributed by atoms with van der Waals surface area (Å²) in [7, 11) is 0. The van der Waals surface area contributed by atoms with Gasteiger partial charge < -0.3 is 24.8 Å². The fraction of sp³-hybridized carbons (Fsp3) is 0.625. The summed E-state index contributed by atoms with van der Waals surface area (Å²) in [6, 6.07) is 0. The van der Waals surface area contributed by atoms with Gasteiger partial charge in [0, 0.05) is 20.3 Å². The van der Waals surface area contributed by atoms with Gasteiger partial charge in [0.05, 0.1) is 0 Å². The molecule has 0 radical (unpaired) electrons. The summed E-state index contributed by atoms with van der Waals surface area (Å²) < 4.78 is 17.9. The highest BCUT2D eigenvalue weighted by Gasteiger charge is 2.45. The number of fused-ring (bicyclic) bond motifs is 1. The first kappa shape index (κ1) is 20.3. The Morgan fingerprint density at radius 3 is 2.64 bits per heavy atom. The van der Waals surface area contributed by atoms with Crippen molar-refractivity contribution in [3.8, 4) is 0 Å². The van der Waals surface area contributed by atoms with E-state index in [9.17, 15) is 19.2 Å². The predicted octanol–water partition coefficient (Wildman–Crippen LogP) is -0.132. The van der Waals surface area contributed by atoms with Crippen LogP contribution in [-0.2, 0) is 23.8 Å². The monoisotopic (exact) mass is 414 g/mol. The maximum absolute atomic E-state index is 12.6. The van der Waals surface area contributed by atoms with Gasteiger partial charge >= 0.3 is 16.8 Å². The summed E-state index contributed by atoms with van der Waals surface area (Å²) in [5.74, 6) is -1.28. The third kappa shape index (κ3) is 3.88. The summed E-state index contributed by atoms with van der Waals surface area (Å²) >= 11 is 0.732. The number of rotatable bonds is 5. The summed E-state index contributed by atoms with van der Waals surface area (Å²) in [6.07, 6.45) is -3.12. The molecule has 1 fully saturated rings. The van der Waals surface area contributed by atoms with Crippen molar-refractivity contribution in [1.29, 1.82) is 0 Å². The van der Waals surface area contributed by atoms with E-state index in [1.54, 1.807) is 0 Å². The van der Waals surface area contributed by atoms with Gasteiger partial charge in [-0.05, 0) is 6.42 Å². The molecule has 2 aliphatic rings. The van der Waals surface area contributed by atoms with Crippen LogP contribution in [-0.4, -0.2) is 47.0 Å². The van der Waals surface area contributed by atoms with Crippen molar-refractivity contribution in [3.63, 3.8) is 0 Å². The Morgan fingerprint density at radius 2 is 2.04 bits per heavy atom.